The molecule has 4 rings (SSSR count). The number of piperazine rings is 1. The van der Waals surface area contributed by atoms with E-state index in [1.165, 1.54) is 18.2 Å². The van der Waals surface area contributed by atoms with E-state index in [9.17, 15) is 14.9 Å². The van der Waals surface area contributed by atoms with E-state index < -0.39 is 4.92 Å². The van der Waals surface area contributed by atoms with Gasteiger partial charge in [-0.15, -0.1) is 0 Å². The van der Waals surface area contributed by atoms with Crippen LogP contribution in [0.25, 0.3) is 0 Å². The van der Waals surface area contributed by atoms with E-state index in [4.69, 9.17) is 11.6 Å². The van der Waals surface area contributed by atoms with Gasteiger partial charge in [0.2, 0.25) is 5.95 Å². The molecule has 1 amide bonds. The number of carbonyl (C=O) groups is 1. The zero-order chi connectivity index (χ0) is 22.7. The zero-order valence-electron chi connectivity index (χ0n) is 17.4. The number of non-ortho nitro benzene ring substituents is 1. The smallest absolute Gasteiger partial charge is 0.270 e. The fraction of sp³-hybridized carbons (Fsp3) is 0.227. The molecule has 1 aromatic heterocycles. The van der Waals surface area contributed by atoms with Crippen LogP contribution in [-0.2, 0) is 0 Å². The number of anilines is 3. The van der Waals surface area contributed by atoms with Gasteiger partial charge in [-0.1, -0.05) is 29.8 Å². The van der Waals surface area contributed by atoms with Crippen molar-refractivity contribution >= 4 is 40.6 Å². The molecule has 0 atom stereocenters. The minimum absolute atomic E-state index is 0.0743. The molecule has 1 saturated heterocycles. The van der Waals surface area contributed by atoms with E-state index in [1.54, 1.807) is 4.90 Å². The number of aryl methyl sites for hydroxylation is 1. The van der Waals surface area contributed by atoms with Crippen molar-refractivity contribution in [2.24, 2.45) is 0 Å². The molecule has 1 aliphatic heterocycles. The van der Waals surface area contributed by atoms with Crippen LogP contribution in [0.3, 0.4) is 0 Å². The maximum atomic E-state index is 12.9. The predicted octanol–water partition coefficient (Wildman–Crippen LogP) is 4.05. The molecule has 1 N–H and O–H groups in total. The third-order valence-electron chi connectivity index (χ3n) is 5.13. The Bertz CT molecular complexity index is 1150. The summed E-state index contributed by atoms with van der Waals surface area (Å²) in [5.41, 5.74) is 1.89. The third-order valence-corrected chi connectivity index (χ3v) is 5.44. The van der Waals surface area contributed by atoms with Crippen LogP contribution in [0.15, 0.2) is 54.6 Å². The van der Waals surface area contributed by atoms with Crippen LogP contribution in [0.1, 0.15) is 16.1 Å². The van der Waals surface area contributed by atoms with Crippen LogP contribution in [0.2, 0.25) is 5.02 Å². The number of hydrogen-bond acceptors (Lipinski definition) is 7. The van der Waals surface area contributed by atoms with E-state index >= 15 is 0 Å². The Morgan fingerprint density at radius 1 is 1.06 bits per heavy atom. The maximum absolute atomic E-state index is 12.9. The summed E-state index contributed by atoms with van der Waals surface area (Å²) < 4.78 is 0. The first-order valence-electron chi connectivity index (χ1n) is 10.1. The Labute approximate surface area is 189 Å². The van der Waals surface area contributed by atoms with Crippen molar-refractivity contribution in [2.45, 2.75) is 6.92 Å². The molecular weight excluding hydrogens is 432 g/mol. The zero-order valence-corrected chi connectivity index (χ0v) is 18.1. The number of benzene rings is 2. The molecule has 10 heteroatoms. The highest BCUT2D eigenvalue weighted by molar-refractivity contribution is 6.34. The van der Waals surface area contributed by atoms with Crippen LogP contribution in [0.4, 0.5) is 23.1 Å². The maximum Gasteiger partial charge on any atom is 0.270 e. The average Bonchev–Trinajstić information content (AvgIpc) is 2.79. The molecule has 3 aromatic rings. The van der Waals surface area contributed by atoms with Crippen LogP contribution < -0.4 is 10.2 Å². The van der Waals surface area contributed by atoms with Gasteiger partial charge in [0, 0.05) is 55.8 Å². The van der Waals surface area contributed by atoms with E-state index in [1.807, 2.05) is 48.2 Å². The van der Waals surface area contributed by atoms with Crippen LogP contribution in [-0.4, -0.2) is 51.9 Å². The second-order valence-electron chi connectivity index (χ2n) is 7.39. The van der Waals surface area contributed by atoms with Gasteiger partial charge in [-0.3, -0.25) is 14.9 Å². The van der Waals surface area contributed by atoms with Crippen LogP contribution in [0, 0.1) is 17.0 Å². The molecule has 0 saturated carbocycles. The van der Waals surface area contributed by atoms with Gasteiger partial charge in [-0.2, -0.15) is 4.98 Å². The highest BCUT2D eigenvalue weighted by Crippen LogP contribution is 2.25. The lowest BCUT2D eigenvalue weighted by atomic mass is 10.1. The molecule has 2 heterocycles. The first-order valence-corrected chi connectivity index (χ1v) is 10.4. The number of nitro benzene ring substituents is 1. The Hall–Kier alpha value is -3.72. The molecule has 0 aliphatic carbocycles. The Morgan fingerprint density at radius 3 is 2.44 bits per heavy atom. The number of nitrogens with one attached hydrogen (secondary N) is 1. The molecule has 0 spiro atoms. The summed E-state index contributed by atoms with van der Waals surface area (Å²) in [6, 6.07) is 15.6. The lowest BCUT2D eigenvalue weighted by molar-refractivity contribution is -0.384. The quantitative estimate of drug-likeness (QED) is 0.459. The Balaban J connectivity index is 1.43. The monoisotopic (exact) mass is 452 g/mol. The number of hydrogen-bond donors (Lipinski definition) is 1. The summed E-state index contributed by atoms with van der Waals surface area (Å²) in [6.07, 6.45) is 0. The van der Waals surface area contributed by atoms with Gasteiger partial charge >= 0.3 is 0 Å². The van der Waals surface area contributed by atoms with E-state index in [0.717, 1.165) is 11.4 Å². The summed E-state index contributed by atoms with van der Waals surface area (Å²) in [7, 11) is 0. The number of halogens is 1. The second kappa shape index (κ2) is 9.19. The van der Waals surface area contributed by atoms with Crippen LogP contribution in [0.5, 0.6) is 0 Å². The number of amides is 1. The van der Waals surface area contributed by atoms with Gasteiger partial charge < -0.3 is 15.1 Å². The highest BCUT2D eigenvalue weighted by atomic mass is 35.5. The molecule has 0 unspecified atom stereocenters. The number of carbonyl (C=O) groups excluding carboxylic acids is 1. The van der Waals surface area contributed by atoms with Crippen molar-refractivity contribution in [3.8, 4) is 0 Å². The standard InChI is InChI=1S/C22H21ClN6O3/c1-15-13-20(25-16-5-3-2-4-6-16)26-22(24-15)28-11-9-27(10-12-28)21(30)18-8-7-17(29(31)32)14-19(18)23/h2-8,13-14H,9-12H2,1H3,(H,24,25,26). The second-order valence-corrected chi connectivity index (χ2v) is 7.79. The molecule has 32 heavy (non-hydrogen) atoms. The predicted molar refractivity (Wildman–Crippen MR) is 123 cm³/mol. The normalized spacial score (nSPS) is 13.7. The molecule has 9 nitrogen and oxygen atoms in total. The van der Waals surface area contributed by atoms with Gasteiger partial charge in [-0.05, 0) is 25.1 Å². The molecule has 1 fully saturated rings. The van der Waals surface area contributed by atoms with Crippen molar-refractivity contribution in [1.82, 2.24) is 14.9 Å². The van der Waals surface area contributed by atoms with E-state index in [0.29, 0.717) is 37.9 Å². The topological polar surface area (TPSA) is 105 Å². The number of rotatable bonds is 5. The van der Waals surface area contributed by atoms with Gasteiger partial charge in [0.25, 0.3) is 11.6 Å². The highest BCUT2D eigenvalue weighted by Gasteiger charge is 2.26. The third kappa shape index (κ3) is 4.78. The summed E-state index contributed by atoms with van der Waals surface area (Å²) in [5.74, 6) is 1.06. The van der Waals surface area contributed by atoms with Crippen molar-refractivity contribution < 1.29 is 9.72 Å². The summed E-state index contributed by atoms with van der Waals surface area (Å²) in [4.78, 5) is 36.1. The van der Waals surface area contributed by atoms with Crippen LogP contribution >= 0.6 is 11.6 Å². The lowest BCUT2D eigenvalue weighted by Crippen LogP contribution is -2.49. The van der Waals surface area contributed by atoms with Crippen molar-refractivity contribution in [3.05, 3.63) is 81.0 Å². The van der Waals surface area contributed by atoms with Gasteiger partial charge in [0.15, 0.2) is 0 Å². The first kappa shape index (κ1) is 21.5. The van der Waals surface area contributed by atoms with Gasteiger partial charge in [0.05, 0.1) is 15.5 Å². The van der Waals surface area contributed by atoms with Gasteiger partial charge in [0.1, 0.15) is 5.82 Å². The molecule has 2 aromatic carbocycles. The fourth-order valence-corrected chi connectivity index (χ4v) is 3.75. The van der Waals surface area contributed by atoms with E-state index in [-0.39, 0.29) is 22.2 Å². The fourth-order valence-electron chi connectivity index (χ4n) is 3.50. The van der Waals surface area contributed by atoms with Crippen molar-refractivity contribution in [1.29, 1.82) is 0 Å². The largest absolute Gasteiger partial charge is 0.340 e. The number of nitro groups is 1. The first-order chi connectivity index (χ1) is 15.4. The summed E-state index contributed by atoms with van der Waals surface area (Å²) in [6.45, 7) is 3.96. The molecule has 1 aliphatic rings. The van der Waals surface area contributed by atoms with E-state index in [2.05, 4.69) is 15.3 Å². The Kier molecular flexibility index (Phi) is 6.18. The molecule has 0 bridgehead atoms. The lowest BCUT2D eigenvalue weighted by Gasteiger charge is -2.35. The number of nitrogens with zero attached hydrogens (tertiary/aromatic N) is 5. The van der Waals surface area contributed by atoms with Gasteiger partial charge in [-0.25, -0.2) is 4.98 Å². The number of aromatic nitrogens is 2. The average molecular weight is 453 g/mol. The minimum Gasteiger partial charge on any atom is -0.340 e. The van der Waals surface area contributed by atoms with Crippen molar-refractivity contribution in [2.75, 3.05) is 36.4 Å². The van der Waals surface area contributed by atoms with Crippen molar-refractivity contribution in [3.63, 3.8) is 0 Å². The minimum atomic E-state index is -0.540. The molecule has 164 valence electrons. The number of para-hydroxylation sites is 1. The SMILES string of the molecule is Cc1cc(Nc2ccccc2)nc(N2CCN(C(=O)c3ccc([N+](=O)[O-])cc3Cl)CC2)n1. The summed E-state index contributed by atoms with van der Waals surface area (Å²) in [5, 5.41) is 14.2. The molecular formula is C22H21ClN6O3. The molecule has 0 radical (unpaired) electrons. The Morgan fingerprint density at radius 2 is 1.78 bits per heavy atom. The summed E-state index contributed by atoms with van der Waals surface area (Å²) >= 11 is 6.12.